The number of benzene rings is 3. The summed E-state index contributed by atoms with van der Waals surface area (Å²) in [6.45, 7) is 19.2. The third-order valence-corrected chi connectivity index (χ3v) is 9.11. The number of hydrogen-bond acceptors (Lipinski definition) is 0. The van der Waals surface area contributed by atoms with Crippen LogP contribution in [0.4, 0.5) is 0 Å². The van der Waals surface area contributed by atoms with Gasteiger partial charge in [-0.05, 0) is 55.7 Å². The highest BCUT2D eigenvalue weighted by Gasteiger charge is 2.32. The fourth-order valence-electron chi connectivity index (χ4n) is 6.39. The maximum Gasteiger partial charge on any atom is 0.180 e. The average Bonchev–Trinajstić information content (AvgIpc) is 2.95. The molecule has 0 radical (unpaired) electrons. The summed E-state index contributed by atoms with van der Waals surface area (Å²) in [7, 11) is 2.15. The van der Waals surface area contributed by atoms with Crippen molar-refractivity contribution in [1.82, 2.24) is 0 Å². The Kier molecular flexibility index (Phi) is 16.5. The van der Waals surface area contributed by atoms with Gasteiger partial charge < -0.3 is 64.9 Å². The highest BCUT2D eigenvalue weighted by molar-refractivity contribution is 5.97. The van der Waals surface area contributed by atoms with Crippen LogP contribution >= 0.6 is 0 Å². The van der Waals surface area contributed by atoms with Gasteiger partial charge in [-0.2, -0.15) is 0 Å². The standard InChI is InChI=1S/C13H18N.2C12H16N.BrH.2HI/c1-4-14-10(2)9-12-7-5-6-8-13(12)11(14)3;1-12(2)8-10-6-4-5-7-11(10)9-13(12)3;1-3-13-9-8-11-6-4-5-7-12(11)10(13)2;;;/h5-8,10H,4,9H2,1-3H3;4-7,9H,8H2,1-3H3;4-7H,3,8-9H2,1-2H3;3*1H/q3*+1;;;/p-3. The van der Waals surface area contributed by atoms with Crippen LogP contribution in [0.3, 0.4) is 0 Å². The lowest BCUT2D eigenvalue weighted by atomic mass is 9.89. The van der Waals surface area contributed by atoms with Crippen molar-refractivity contribution in [3.8, 4) is 0 Å². The van der Waals surface area contributed by atoms with Crippen LogP contribution in [-0.2, 0) is 19.3 Å². The molecule has 1 unspecified atom stereocenters. The second kappa shape index (κ2) is 17.9. The zero-order valence-electron chi connectivity index (χ0n) is 27.3. The largest absolute Gasteiger partial charge is 1.00 e. The molecule has 0 saturated carbocycles. The minimum Gasteiger partial charge on any atom is -1.00 e. The fraction of sp³-hybridized carbons (Fsp3) is 0.432. The van der Waals surface area contributed by atoms with Crippen LogP contribution in [0.15, 0.2) is 72.8 Å². The summed E-state index contributed by atoms with van der Waals surface area (Å²) in [5.74, 6) is 0. The molecule has 0 saturated heterocycles. The van der Waals surface area contributed by atoms with Gasteiger partial charge >= 0.3 is 0 Å². The second-order valence-electron chi connectivity index (χ2n) is 12.1. The molecule has 6 rings (SSSR count). The highest BCUT2D eigenvalue weighted by atomic mass is 127. The molecule has 3 aromatic rings. The summed E-state index contributed by atoms with van der Waals surface area (Å²) >= 11 is 0. The van der Waals surface area contributed by atoms with Crippen molar-refractivity contribution < 1.29 is 78.7 Å². The Labute approximate surface area is 306 Å². The Morgan fingerprint density at radius 2 is 1.28 bits per heavy atom. The zero-order chi connectivity index (χ0) is 28.9. The normalized spacial score (nSPS) is 17.4. The zero-order valence-corrected chi connectivity index (χ0v) is 33.2. The van der Waals surface area contributed by atoms with E-state index in [0.29, 0.717) is 6.04 Å². The molecule has 43 heavy (non-hydrogen) atoms. The molecular formula is C37H50BrI2N3. The van der Waals surface area contributed by atoms with Gasteiger partial charge in [0.2, 0.25) is 0 Å². The van der Waals surface area contributed by atoms with Crippen LogP contribution < -0.4 is 64.9 Å². The first-order valence-electron chi connectivity index (χ1n) is 15.2. The molecule has 0 spiro atoms. The van der Waals surface area contributed by atoms with Gasteiger partial charge in [-0.25, -0.2) is 13.7 Å². The molecule has 3 heterocycles. The Morgan fingerprint density at radius 1 is 0.744 bits per heavy atom. The maximum atomic E-state index is 2.49. The molecule has 0 N–H and O–H groups in total. The topological polar surface area (TPSA) is 9.03 Å². The number of nitrogens with zero attached hydrogens (tertiary/aromatic N) is 3. The van der Waals surface area contributed by atoms with Crippen LogP contribution in [0.2, 0.25) is 0 Å². The fourth-order valence-corrected chi connectivity index (χ4v) is 6.39. The monoisotopic (exact) mass is 869 g/mol. The molecule has 3 aliphatic heterocycles. The van der Waals surface area contributed by atoms with Crippen molar-refractivity contribution >= 4 is 17.6 Å². The minimum atomic E-state index is 0. The van der Waals surface area contributed by atoms with Crippen molar-refractivity contribution in [1.29, 1.82) is 0 Å². The number of likely N-dealkylation sites (N-methyl/N-ethyl adjacent to an activating group) is 3. The lowest BCUT2D eigenvalue weighted by molar-refractivity contribution is -0.572. The van der Waals surface area contributed by atoms with Crippen LogP contribution in [0.25, 0.3) is 0 Å². The first kappa shape index (κ1) is 39.6. The summed E-state index contributed by atoms with van der Waals surface area (Å²) in [5, 5.41) is 0. The first-order valence-corrected chi connectivity index (χ1v) is 15.2. The van der Waals surface area contributed by atoms with Gasteiger partial charge in [-0.1, -0.05) is 54.6 Å². The average molecular weight is 871 g/mol. The summed E-state index contributed by atoms with van der Waals surface area (Å²) in [5.41, 5.74) is 11.8. The Bertz CT molecular complexity index is 1460. The van der Waals surface area contributed by atoms with E-state index < -0.39 is 0 Å². The number of hydrogen-bond donors (Lipinski definition) is 0. The van der Waals surface area contributed by atoms with Gasteiger partial charge in [0.25, 0.3) is 0 Å². The molecule has 3 nitrogen and oxygen atoms in total. The van der Waals surface area contributed by atoms with E-state index >= 15 is 0 Å². The second-order valence-corrected chi connectivity index (χ2v) is 12.1. The predicted octanol–water partition coefficient (Wildman–Crippen LogP) is -2.35. The van der Waals surface area contributed by atoms with Gasteiger partial charge in [-0.15, -0.1) is 0 Å². The summed E-state index contributed by atoms with van der Waals surface area (Å²) in [6.07, 6.45) is 5.75. The Balaban J connectivity index is 0.000000312. The van der Waals surface area contributed by atoms with E-state index in [4.69, 9.17) is 0 Å². The van der Waals surface area contributed by atoms with E-state index in [1.807, 2.05) is 0 Å². The molecule has 1 atom stereocenters. The van der Waals surface area contributed by atoms with Gasteiger partial charge in [0.05, 0.1) is 0 Å². The molecule has 3 aliphatic rings. The molecule has 6 heteroatoms. The minimum absolute atomic E-state index is 0. The molecular weight excluding hydrogens is 820 g/mol. The predicted molar refractivity (Wildman–Crippen MR) is 171 cm³/mol. The van der Waals surface area contributed by atoms with Gasteiger partial charge in [0.1, 0.15) is 26.7 Å². The van der Waals surface area contributed by atoms with Gasteiger partial charge in [0, 0.05) is 63.6 Å². The third-order valence-electron chi connectivity index (χ3n) is 9.11. The number of rotatable bonds is 2. The van der Waals surface area contributed by atoms with Crippen LogP contribution in [-0.4, -0.2) is 69.6 Å². The van der Waals surface area contributed by atoms with Crippen molar-refractivity contribution in [2.45, 2.75) is 79.3 Å². The van der Waals surface area contributed by atoms with E-state index in [0.717, 1.165) is 19.5 Å². The van der Waals surface area contributed by atoms with Crippen molar-refractivity contribution in [2.75, 3.05) is 26.7 Å². The Morgan fingerprint density at radius 3 is 1.88 bits per heavy atom. The van der Waals surface area contributed by atoms with Gasteiger partial charge in [0.15, 0.2) is 29.2 Å². The lowest BCUT2D eigenvalue weighted by Gasteiger charge is -2.25. The molecule has 0 aromatic heterocycles. The lowest BCUT2D eigenvalue weighted by Crippen LogP contribution is -3.00. The molecule has 0 amide bonds. The summed E-state index contributed by atoms with van der Waals surface area (Å²) in [6, 6.07) is 26.8. The van der Waals surface area contributed by atoms with E-state index in [-0.39, 0.29) is 70.5 Å². The molecule has 3 aromatic carbocycles. The van der Waals surface area contributed by atoms with Crippen molar-refractivity contribution in [3.63, 3.8) is 0 Å². The van der Waals surface area contributed by atoms with E-state index in [9.17, 15) is 0 Å². The van der Waals surface area contributed by atoms with Crippen LogP contribution in [0.1, 0.15) is 81.8 Å². The van der Waals surface area contributed by atoms with Crippen LogP contribution in [0, 0.1) is 0 Å². The summed E-state index contributed by atoms with van der Waals surface area (Å²) in [4.78, 5) is 0. The quantitative estimate of drug-likeness (QED) is 0.202. The smallest absolute Gasteiger partial charge is 0.180 e. The SMILES string of the molecule is CC[N+]1=C(C)c2ccccc2CC1.CC[N+]1=C(C)c2ccccc2CC1C.C[N+]1=Cc2ccccc2CC1(C)C.[Br-].[I-].[I-]. The Hall–Kier alpha value is -1.39. The van der Waals surface area contributed by atoms with Crippen molar-refractivity contribution in [3.05, 3.63) is 106 Å². The maximum absolute atomic E-state index is 2.49. The number of halogens is 3. The molecule has 234 valence electrons. The van der Waals surface area contributed by atoms with E-state index in [1.165, 1.54) is 64.2 Å². The third kappa shape index (κ3) is 9.55. The number of fused-ring (bicyclic) bond motifs is 3. The van der Waals surface area contributed by atoms with E-state index in [1.54, 1.807) is 0 Å². The molecule has 0 fully saturated rings. The summed E-state index contributed by atoms with van der Waals surface area (Å²) < 4.78 is 7.24. The van der Waals surface area contributed by atoms with Gasteiger partial charge in [-0.3, -0.25) is 0 Å². The molecule has 0 bridgehead atoms. The molecule has 0 aliphatic carbocycles. The van der Waals surface area contributed by atoms with Crippen molar-refractivity contribution in [2.24, 2.45) is 0 Å². The van der Waals surface area contributed by atoms with Crippen LogP contribution in [0.5, 0.6) is 0 Å². The first-order chi connectivity index (χ1) is 19.2. The highest BCUT2D eigenvalue weighted by Crippen LogP contribution is 2.22. The van der Waals surface area contributed by atoms with E-state index in [2.05, 4.69) is 148 Å².